The molecule has 6 nitrogen and oxygen atoms in total. The topological polar surface area (TPSA) is 73.5 Å². The quantitative estimate of drug-likeness (QED) is 0.735. The molecule has 0 aromatic heterocycles. The van der Waals surface area contributed by atoms with Crippen LogP contribution in [-0.4, -0.2) is 42.5 Å². The first-order chi connectivity index (χ1) is 12.7. The Morgan fingerprint density at radius 1 is 0.889 bits per heavy atom. The molecular weight excluding hydrogens is 364 g/mol. The van der Waals surface area contributed by atoms with E-state index in [2.05, 4.69) is 16.0 Å². The Morgan fingerprint density at radius 2 is 1.44 bits per heavy atom. The number of para-hydroxylation sites is 2. The molecule has 3 N–H and O–H groups in total. The van der Waals surface area contributed by atoms with E-state index in [4.69, 9.17) is 0 Å². The van der Waals surface area contributed by atoms with E-state index in [1.54, 1.807) is 4.90 Å². The van der Waals surface area contributed by atoms with Crippen LogP contribution < -0.4 is 16.0 Å². The van der Waals surface area contributed by atoms with E-state index in [0.29, 0.717) is 13.1 Å². The molecule has 1 heterocycles. The van der Waals surface area contributed by atoms with Crippen LogP contribution in [0.2, 0.25) is 0 Å². The number of hydrogen-bond donors (Lipinski definition) is 3. The number of carbonyl (C=O) groups excluding carboxylic acids is 2. The fraction of sp³-hybridized carbons (Fsp3) is 0.300. The number of anilines is 2. The molecule has 27 heavy (non-hydrogen) atoms. The van der Waals surface area contributed by atoms with Crippen LogP contribution in [0.1, 0.15) is 12.8 Å². The molecule has 2 aromatic carbocycles. The van der Waals surface area contributed by atoms with Crippen LogP contribution in [-0.2, 0) is 4.79 Å². The molecule has 1 aliphatic rings. The van der Waals surface area contributed by atoms with Gasteiger partial charge in [0.2, 0.25) is 5.91 Å². The summed E-state index contributed by atoms with van der Waals surface area (Å²) in [6.45, 7) is 1.52. The lowest BCUT2D eigenvalue weighted by atomic mass is 10.1. The van der Waals surface area contributed by atoms with Crippen LogP contribution in [0, 0.1) is 0 Å². The van der Waals surface area contributed by atoms with E-state index in [-0.39, 0.29) is 36.9 Å². The number of urea groups is 1. The fourth-order valence-electron chi connectivity index (χ4n) is 2.97. The first-order valence-corrected chi connectivity index (χ1v) is 8.90. The molecule has 3 amide bonds. The van der Waals surface area contributed by atoms with Crippen LogP contribution >= 0.6 is 12.4 Å². The van der Waals surface area contributed by atoms with E-state index in [1.807, 2.05) is 60.7 Å². The van der Waals surface area contributed by atoms with Crippen molar-refractivity contribution < 1.29 is 9.59 Å². The highest BCUT2D eigenvalue weighted by Crippen LogP contribution is 2.13. The molecule has 0 aliphatic carbocycles. The summed E-state index contributed by atoms with van der Waals surface area (Å²) >= 11 is 0. The SMILES string of the molecule is Cl.O=C(CNc1ccccc1)NC1CCN(C(=O)Nc2ccccc2)CC1. The number of nitrogens with one attached hydrogen (secondary N) is 3. The molecule has 0 atom stereocenters. The van der Waals surface area contributed by atoms with Crippen molar-refractivity contribution in [2.75, 3.05) is 30.3 Å². The Labute approximate surface area is 165 Å². The minimum absolute atomic E-state index is 0. The Balaban J connectivity index is 0.00000261. The van der Waals surface area contributed by atoms with Crippen molar-refractivity contribution in [3.05, 3.63) is 60.7 Å². The van der Waals surface area contributed by atoms with Crippen molar-refractivity contribution in [1.29, 1.82) is 0 Å². The highest BCUT2D eigenvalue weighted by atomic mass is 35.5. The zero-order valence-electron chi connectivity index (χ0n) is 15.1. The van der Waals surface area contributed by atoms with Gasteiger partial charge in [-0.1, -0.05) is 36.4 Å². The van der Waals surface area contributed by atoms with Crippen molar-refractivity contribution >= 4 is 35.7 Å². The zero-order valence-corrected chi connectivity index (χ0v) is 15.9. The number of piperidine rings is 1. The minimum atomic E-state index is -0.0910. The van der Waals surface area contributed by atoms with Crippen LogP contribution in [0.5, 0.6) is 0 Å². The number of rotatable bonds is 5. The molecule has 1 aliphatic heterocycles. The van der Waals surface area contributed by atoms with Crippen LogP contribution in [0.15, 0.2) is 60.7 Å². The van der Waals surface area contributed by atoms with Gasteiger partial charge in [0.05, 0.1) is 6.54 Å². The standard InChI is InChI=1S/C20H24N4O2.ClH/c25-19(15-21-16-7-3-1-4-8-16)22-18-11-13-24(14-12-18)20(26)23-17-9-5-2-6-10-17;/h1-10,18,21H,11-15H2,(H,22,25)(H,23,26);1H. The van der Waals surface area contributed by atoms with Gasteiger partial charge in [-0.25, -0.2) is 4.79 Å². The third-order valence-corrected chi connectivity index (χ3v) is 4.40. The molecule has 0 unspecified atom stereocenters. The number of carbonyl (C=O) groups is 2. The normalized spacial score (nSPS) is 14.0. The fourth-order valence-corrected chi connectivity index (χ4v) is 2.97. The van der Waals surface area contributed by atoms with E-state index in [9.17, 15) is 9.59 Å². The van der Waals surface area contributed by atoms with E-state index >= 15 is 0 Å². The molecule has 2 aromatic rings. The third-order valence-electron chi connectivity index (χ3n) is 4.40. The van der Waals surface area contributed by atoms with E-state index < -0.39 is 0 Å². The van der Waals surface area contributed by atoms with Gasteiger partial charge in [-0.15, -0.1) is 12.4 Å². The number of likely N-dealkylation sites (tertiary alicyclic amines) is 1. The predicted octanol–water partition coefficient (Wildman–Crippen LogP) is 3.33. The van der Waals surface area contributed by atoms with Crippen molar-refractivity contribution in [3.8, 4) is 0 Å². The molecule has 144 valence electrons. The van der Waals surface area contributed by atoms with E-state index in [1.165, 1.54) is 0 Å². The van der Waals surface area contributed by atoms with Gasteiger partial charge in [0.1, 0.15) is 0 Å². The maximum atomic E-state index is 12.3. The maximum Gasteiger partial charge on any atom is 0.321 e. The van der Waals surface area contributed by atoms with Crippen molar-refractivity contribution in [2.45, 2.75) is 18.9 Å². The first kappa shape index (κ1) is 20.6. The average Bonchev–Trinajstić information content (AvgIpc) is 2.68. The van der Waals surface area contributed by atoms with Crippen molar-refractivity contribution in [2.24, 2.45) is 0 Å². The highest BCUT2D eigenvalue weighted by molar-refractivity contribution is 5.89. The average molecular weight is 389 g/mol. The Kier molecular flexibility index (Phi) is 7.95. The summed E-state index contributed by atoms with van der Waals surface area (Å²) in [5, 5.41) is 9.04. The van der Waals surface area contributed by atoms with E-state index in [0.717, 1.165) is 24.2 Å². The molecule has 1 saturated heterocycles. The van der Waals surface area contributed by atoms with Gasteiger partial charge >= 0.3 is 6.03 Å². The molecule has 7 heteroatoms. The monoisotopic (exact) mass is 388 g/mol. The Bertz CT molecular complexity index is 719. The number of hydrogen-bond acceptors (Lipinski definition) is 3. The van der Waals surface area contributed by atoms with Crippen molar-refractivity contribution in [3.63, 3.8) is 0 Å². The number of benzene rings is 2. The second-order valence-electron chi connectivity index (χ2n) is 6.34. The molecule has 1 fully saturated rings. The van der Waals surface area contributed by atoms with Gasteiger partial charge in [0.15, 0.2) is 0 Å². The second kappa shape index (κ2) is 10.4. The lowest BCUT2D eigenvalue weighted by Gasteiger charge is -2.32. The summed E-state index contributed by atoms with van der Waals surface area (Å²) in [7, 11) is 0. The largest absolute Gasteiger partial charge is 0.376 e. The van der Waals surface area contributed by atoms with Crippen LogP contribution in [0.4, 0.5) is 16.2 Å². The lowest BCUT2D eigenvalue weighted by molar-refractivity contribution is -0.120. The van der Waals surface area contributed by atoms with Gasteiger partial charge in [-0.05, 0) is 37.1 Å². The van der Waals surface area contributed by atoms with Gasteiger partial charge in [-0.2, -0.15) is 0 Å². The smallest absolute Gasteiger partial charge is 0.321 e. The minimum Gasteiger partial charge on any atom is -0.376 e. The molecular formula is C20H25ClN4O2. The summed E-state index contributed by atoms with van der Waals surface area (Å²) in [6, 6.07) is 19.1. The molecule has 0 spiro atoms. The number of halogens is 1. The molecule has 0 radical (unpaired) electrons. The summed E-state index contributed by atoms with van der Waals surface area (Å²) < 4.78 is 0. The van der Waals surface area contributed by atoms with Gasteiger partial charge in [-0.3, -0.25) is 4.79 Å². The maximum absolute atomic E-state index is 12.3. The van der Waals surface area contributed by atoms with Gasteiger partial charge in [0.25, 0.3) is 0 Å². The van der Waals surface area contributed by atoms with Gasteiger partial charge in [0, 0.05) is 30.5 Å². The third kappa shape index (κ3) is 6.49. The molecule has 0 bridgehead atoms. The summed E-state index contributed by atoms with van der Waals surface area (Å²) in [5.74, 6) is -0.0268. The molecule has 0 saturated carbocycles. The summed E-state index contributed by atoms with van der Waals surface area (Å²) in [4.78, 5) is 26.1. The number of nitrogens with zero attached hydrogens (tertiary/aromatic N) is 1. The Morgan fingerprint density at radius 3 is 2.04 bits per heavy atom. The lowest BCUT2D eigenvalue weighted by Crippen LogP contribution is -2.48. The first-order valence-electron chi connectivity index (χ1n) is 8.90. The second-order valence-corrected chi connectivity index (χ2v) is 6.34. The zero-order chi connectivity index (χ0) is 18.2. The summed E-state index contributed by atoms with van der Waals surface area (Å²) in [5.41, 5.74) is 1.72. The van der Waals surface area contributed by atoms with Crippen LogP contribution in [0.25, 0.3) is 0 Å². The Hall–Kier alpha value is -2.73. The predicted molar refractivity (Wildman–Crippen MR) is 110 cm³/mol. The highest BCUT2D eigenvalue weighted by Gasteiger charge is 2.23. The van der Waals surface area contributed by atoms with Crippen LogP contribution in [0.3, 0.4) is 0 Å². The molecule has 3 rings (SSSR count). The van der Waals surface area contributed by atoms with Crippen molar-refractivity contribution in [1.82, 2.24) is 10.2 Å². The van der Waals surface area contributed by atoms with Gasteiger partial charge < -0.3 is 20.9 Å². The summed E-state index contributed by atoms with van der Waals surface area (Å²) in [6.07, 6.45) is 1.53. The number of amides is 3.